The Labute approximate surface area is 163 Å². The fraction of sp³-hybridized carbons (Fsp3) is 0.300. The SMILES string of the molecule is CNc1ccc(C(=O)OCC(=O)N[C@H](C)CCc2ccccc2)cc1[N+](=O)[O-]. The lowest BCUT2D eigenvalue weighted by Crippen LogP contribution is -2.36. The quantitative estimate of drug-likeness (QED) is 0.390. The van der Waals surface area contributed by atoms with E-state index in [0.717, 1.165) is 18.9 Å². The Morgan fingerprint density at radius 1 is 1.18 bits per heavy atom. The molecular formula is C20H23N3O5. The number of ether oxygens (including phenoxy) is 1. The molecule has 0 spiro atoms. The molecule has 1 amide bonds. The van der Waals surface area contributed by atoms with Crippen LogP contribution < -0.4 is 10.6 Å². The highest BCUT2D eigenvalue weighted by Crippen LogP contribution is 2.25. The van der Waals surface area contributed by atoms with E-state index in [1.54, 1.807) is 7.05 Å². The topological polar surface area (TPSA) is 111 Å². The first-order valence-corrected chi connectivity index (χ1v) is 8.87. The lowest BCUT2D eigenvalue weighted by atomic mass is 10.1. The normalized spacial score (nSPS) is 11.4. The zero-order chi connectivity index (χ0) is 20.5. The number of nitrogens with zero attached hydrogens (tertiary/aromatic N) is 1. The second-order valence-electron chi connectivity index (χ2n) is 6.31. The molecule has 2 aromatic rings. The number of esters is 1. The van der Waals surface area contributed by atoms with Gasteiger partial charge >= 0.3 is 5.97 Å². The number of benzene rings is 2. The first-order chi connectivity index (χ1) is 13.4. The maximum atomic E-state index is 12.1. The molecule has 1 atom stereocenters. The lowest BCUT2D eigenvalue weighted by Gasteiger charge is -2.14. The molecule has 0 aliphatic rings. The standard InChI is InChI=1S/C20H23N3O5/c1-14(8-9-15-6-4-3-5-7-15)22-19(24)13-28-20(25)16-10-11-17(21-2)18(12-16)23(26)27/h3-7,10-12,14,21H,8-9,13H2,1-2H3,(H,22,24)/t14-/m1/s1. The molecule has 8 heteroatoms. The molecule has 148 valence electrons. The molecule has 0 bridgehead atoms. The van der Waals surface area contributed by atoms with E-state index in [-0.39, 0.29) is 23.0 Å². The van der Waals surface area contributed by atoms with Gasteiger partial charge in [0.05, 0.1) is 10.5 Å². The van der Waals surface area contributed by atoms with Crippen LogP contribution in [0, 0.1) is 10.1 Å². The molecule has 0 saturated carbocycles. The Bertz CT molecular complexity index is 839. The Hall–Kier alpha value is -3.42. The first-order valence-electron chi connectivity index (χ1n) is 8.87. The molecule has 0 saturated heterocycles. The molecule has 0 aromatic heterocycles. The number of aryl methyl sites for hydroxylation is 1. The van der Waals surface area contributed by atoms with Crippen LogP contribution in [0.2, 0.25) is 0 Å². The molecule has 0 radical (unpaired) electrons. The Morgan fingerprint density at radius 2 is 1.89 bits per heavy atom. The van der Waals surface area contributed by atoms with Gasteiger partial charge in [-0.3, -0.25) is 14.9 Å². The van der Waals surface area contributed by atoms with E-state index >= 15 is 0 Å². The summed E-state index contributed by atoms with van der Waals surface area (Å²) in [6.45, 7) is 1.43. The van der Waals surface area contributed by atoms with Crippen LogP contribution in [0.25, 0.3) is 0 Å². The molecule has 28 heavy (non-hydrogen) atoms. The number of nitrogens with one attached hydrogen (secondary N) is 2. The van der Waals surface area contributed by atoms with Crippen molar-refractivity contribution in [3.05, 3.63) is 69.8 Å². The van der Waals surface area contributed by atoms with Crippen LogP contribution in [0.4, 0.5) is 11.4 Å². The second kappa shape index (κ2) is 10.1. The zero-order valence-electron chi connectivity index (χ0n) is 15.8. The van der Waals surface area contributed by atoms with Crippen molar-refractivity contribution in [2.75, 3.05) is 19.0 Å². The van der Waals surface area contributed by atoms with Crippen LogP contribution in [0.3, 0.4) is 0 Å². The molecule has 2 aromatic carbocycles. The van der Waals surface area contributed by atoms with Crippen molar-refractivity contribution in [3.8, 4) is 0 Å². The first kappa shape index (κ1) is 20.9. The van der Waals surface area contributed by atoms with Gasteiger partial charge in [-0.1, -0.05) is 30.3 Å². The van der Waals surface area contributed by atoms with Crippen LogP contribution in [0.15, 0.2) is 48.5 Å². The lowest BCUT2D eigenvalue weighted by molar-refractivity contribution is -0.384. The fourth-order valence-corrected chi connectivity index (χ4v) is 2.65. The summed E-state index contributed by atoms with van der Waals surface area (Å²) in [4.78, 5) is 34.5. The summed E-state index contributed by atoms with van der Waals surface area (Å²) in [6, 6.07) is 13.8. The number of hydrogen-bond acceptors (Lipinski definition) is 6. The van der Waals surface area contributed by atoms with E-state index in [9.17, 15) is 19.7 Å². The molecule has 0 unspecified atom stereocenters. The largest absolute Gasteiger partial charge is 0.452 e. The minimum atomic E-state index is -0.794. The van der Waals surface area contributed by atoms with Crippen LogP contribution in [0.1, 0.15) is 29.3 Å². The summed E-state index contributed by atoms with van der Waals surface area (Å²) in [6.07, 6.45) is 1.57. The highest BCUT2D eigenvalue weighted by atomic mass is 16.6. The van der Waals surface area contributed by atoms with Crippen molar-refractivity contribution in [2.24, 2.45) is 0 Å². The van der Waals surface area contributed by atoms with Gasteiger partial charge < -0.3 is 15.4 Å². The van der Waals surface area contributed by atoms with Crippen molar-refractivity contribution in [1.82, 2.24) is 5.32 Å². The van der Waals surface area contributed by atoms with Gasteiger partial charge in [0.2, 0.25) is 0 Å². The Kier molecular flexibility index (Phi) is 7.50. The fourth-order valence-electron chi connectivity index (χ4n) is 2.65. The van der Waals surface area contributed by atoms with Crippen LogP contribution >= 0.6 is 0 Å². The number of rotatable bonds is 9. The van der Waals surface area contributed by atoms with Gasteiger partial charge in [-0.05, 0) is 37.5 Å². The van der Waals surface area contributed by atoms with Crippen molar-refractivity contribution in [2.45, 2.75) is 25.8 Å². The molecule has 8 nitrogen and oxygen atoms in total. The number of nitro benzene ring substituents is 1. The minimum absolute atomic E-state index is 0.00984. The van der Waals surface area contributed by atoms with E-state index in [1.807, 2.05) is 37.3 Å². The van der Waals surface area contributed by atoms with Gasteiger partial charge in [-0.25, -0.2) is 4.79 Å². The maximum Gasteiger partial charge on any atom is 0.338 e. The highest BCUT2D eigenvalue weighted by molar-refractivity contribution is 5.93. The number of nitro groups is 1. The number of hydrogen-bond donors (Lipinski definition) is 2. The van der Waals surface area contributed by atoms with Gasteiger partial charge in [0, 0.05) is 19.2 Å². The summed E-state index contributed by atoms with van der Waals surface area (Å²) in [5.74, 6) is -1.21. The predicted octanol–water partition coefficient (Wildman–Crippen LogP) is 2.93. The molecule has 0 aliphatic heterocycles. The zero-order valence-corrected chi connectivity index (χ0v) is 15.8. The highest BCUT2D eigenvalue weighted by Gasteiger charge is 2.18. The summed E-state index contributed by atoms with van der Waals surface area (Å²) in [5.41, 5.74) is 1.24. The molecule has 0 heterocycles. The van der Waals surface area contributed by atoms with Crippen molar-refractivity contribution in [1.29, 1.82) is 0 Å². The molecule has 0 fully saturated rings. The third kappa shape index (κ3) is 6.08. The molecule has 2 N–H and O–H groups in total. The van der Waals surface area contributed by atoms with E-state index in [0.29, 0.717) is 0 Å². The second-order valence-corrected chi connectivity index (χ2v) is 6.31. The summed E-state index contributed by atoms with van der Waals surface area (Å²) < 4.78 is 4.97. The van der Waals surface area contributed by atoms with Crippen LogP contribution in [0.5, 0.6) is 0 Å². The monoisotopic (exact) mass is 385 g/mol. The number of carbonyl (C=O) groups is 2. The van der Waals surface area contributed by atoms with Gasteiger partial charge in [0.25, 0.3) is 11.6 Å². The minimum Gasteiger partial charge on any atom is -0.452 e. The van der Waals surface area contributed by atoms with Gasteiger partial charge in [-0.2, -0.15) is 0 Å². The molecular weight excluding hydrogens is 362 g/mol. The Morgan fingerprint density at radius 3 is 2.54 bits per heavy atom. The summed E-state index contributed by atoms with van der Waals surface area (Å²) in [5, 5.41) is 16.5. The van der Waals surface area contributed by atoms with E-state index in [1.165, 1.54) is 17.7 Å². The summed E-state index contributed by atoms with van der Waals surface area (Å²) >= 11 is 0. The van der Waals surface area contributed by atoms with Gasteiger partial charge in [0.15, 0.2) is 6.61 Å². The van der Waals surface area contributed by atoms with Crippen molar-refractivity contribution < 1.29 is 19.2 Å². The van der Waals surface area contributed by atoms with E-state index in [4.69, 9.17) is 4.74 Å². The summed E-state index contributed by atoms with van der Waals surface area (Å²) in [7, 11) is 1.55. The van der Waals surface area contributed by atoms with Crippen molar-refractivity contribution >= 4 is 23.3 Å². The molecule has 2 rings (SSSR count). The van der Waals surface area contributed by atoms with Gasteiger partial charge in [-0.15, -0.1) is 0 Å². The smallest absolute Gasteiger partial charge is 0.338 e. The van der Waals surface area contributed by atoms with Crippen molar-refractivity contribution in [3.63, 3.8) is 0 Å². The van der Waals surface area contributed by atoms with Crippen LogP contribution in [-0.4, -0.2) is 36.5 Å². The van der Waals surface area contributed by atoms with Crippen LogP contribution in [-0.2, 0) is 16.0 Å². The predicted molar refractivity (Wildman–Crippen MR) is 105 cm³/mol. The number of amides is 1. The average molecular weight is 385 g/mol. The number of carbonyl (C=O) groups excluding carboxylic acids is 2. The van der Waals surface area contributed by atoms with E-state index < -0.39 is 23.4 Å². The number of anilines is 1. The molecule has 0 aliphatic carbocycles. The third-order valence-corrected chi connectivity index (χ3v) is 4.15. The maximum absolute atomic E-state index is 12.1. The Balaban J connectivity index is 1.82. The van der Waals surface area contributed by atoms with Gasteiger partial charge in [0.1, 0.15) is 5.69 Å². The average Bonchev–Trinajstić information content (AvgIpc) is 2.70. The third-order valence-electron chi connectivity index (χ3n) is 4.15. The van der Waals surface area contributed by atoms with E-state index in [2.05, 4.69) is 10.6 Å².